The Kier molecular flexibility index (Phi) is 4.00. The molecule has 2 aromatic carbocycles. The number of fused-ring (bicyclic) bond motifs is 1. The molecule has 22 heavy (non-hydrogen) atoms. The lowest BCUT2D eigenvalue weighted by atomic mass is 9.87. The molecule has 0 aliphatic heterocycles. The molecule has 0 aliphatic rings. The normalized spacial score (nSPS) is 12.0. The first kappa shape index (κ1) is 15.2. The minimum atomic E-state index is 0.211. The Morgan fingerprint density at radius 1 is 1.05 bits per heavy atom. The number of H-pyrrole nitrogens is 1. The van der Waals surface area contributed by atoms with Gasteiger partial charge >= 0.3 is 0 Å². The molecule has 1 heterocycles. The summed E-state index contributed by atoms with van der Waals surface area (Å²) < 4.78 is 0. The van der Waals surface area contributed by atoms with Crippen LogP contribution in [-0.2, 0) is 11.2 Å². The van der Waals surface area contributed by atoms with Gasteiger partial charge in [0.2, 0.25) is 0 Å². The molecule has 3 rings (SSSR count). The Morgan fingerprint density at radius 2 is 1.77 bits per heavy atom. The van der Waals surface area contributed by atoms with Crippen LogP contribution in [0.1, 0.15) is 37.5 Å². The maximum atomic E-state index is 4.63. The highest BCUT2D eigenvalue weighted by Gasteiger charge is 2.13. The number of hydrogen-bond acceptors (Lipinski definition) is 2. The van der Waals surface area contributed by atoms with Crippen LogP contribution in [0.2, 0.25) is 0 Å². The number of thioether (sulfide) groups is 1. The minimum absolute atomic E-state index is 0.211. The summed E-state index contributed by atoms with van der Waals surface area (Å²) in [6.07, 6.45) is 0. The molecule has 0 spiro atoms. The van der Waals surface area contributed by atoms with E-state index >= 15 is 0 Å². The first-order valence-electron chi connectivity index (χ1n) is 7.60. The zero-order valence-electron chi connectivity index (χ0n) is 13.6. The largest absolute Gasteiger partial charge is 0.333 e. The monoisotopic (exact) mass is 310 g/mol. The van der Waals surface area contributed by atoms with Crippen LogP contribution in [0.15, 0.2) is 47.6 Å². The molecular formula is C19H22N2S. The Balaban J connectivity index is 1.71. The lowest BCUT2D eigenvalue weighted by Crippen LogP contribution is -2.10. The van der Waals surface area contributed by atoms with Gasteiger partial charge in [-0.2, -0.15) is 0 Å². The lowest BCUT2D eigenvalue weighted by molar-refractivity contribution is 0.590. The number of nitrogens with one attached hydrogen (secondary N) is 1. The highest BCUT2D eigenvalue weighted by Crippen LogP contribution is 2.26. The van der Waals surface area contributed by atoms with E-state index in [0.29, 0.717) is 0 Å². The fraction of sp³-hybridized carbons (Fsp3) is 0.316. The molecule has 0 radical (unpaired) electrons. The van der Waals surface area contributed by atoms with Gasteiger partial charge in [-0.25, -0.2) is 4.98 Å². The van der Waals surface area contributed by atoms with Gasteiger partial charge in [-0.05, 0) is 41.2 Å². The zero-order chi connectivity index (χ0) is 15.7. The molecule has 0 bridgehead atoms. The topological polar surface area (TPSA) is 28.7 Å². The number of benzene rings is 2. The van der Waals surface area contributed by atoms with Gasteiger partial charge in [-0.1, -0.05) is 62.9 Å². The first-order chi connectivity index (χ1) is 10.4. The van der Waals surface area contributed by atoms with Crippen LogP contribution >= 0.6 is 11.8 Å². The third-order valence-corrected chi connectivity index (χ3v) is 4.76. The van der Waals surface area contributed by atoms with Crippen molar-refractivity contribution in [2.45, 2.75) is 44.0 Å². The quantitative estimate of drug-likeness (QED) is 0.651. The van der Waals surface area contributed by atoms with Gasteiger partial charge in [0.05, 0.1) is 11.0 Å². The molecule has 0 atom stereocenters. The molecule has 0 fully saturated rings. The molecule has 2 nitrogen and oxygen atoms in total. The Morgan fingerprint density at radius 3 is 2.45 bits per heavy atom. The Labute approximate surface area is 136 Å². The van der Waals surface area contributed by atoms with Gasteiger partial charge in [-0.3, -0.25) is 0 Å². The maximum Gasteiger partial charge on any atom is 0.166 e. The molecule has 1 aromatic heterocycles. The van der Waals surface area contributed by atoms with Crippen LogP contribution in [0.5, 0.6) is 0 Å². The number of rotatable bonds is 3. The first-order valence-corrected chi connectivity index (χ1v) is 8.59. The second-order valence-corrected chi connectivity index (χ2v) is 7.76. The highest BCUT2D eigenvalue weighted by molar-refractivity contribution is 7.98. The summed E-state index contributed by atoms with van der Waals surface area (Å²) in [5, 5.41) is 0.987. The zero-order valence-corrected chi connectivity index (χ0v) is 14.4. The third-order valence-electron chi connectivity index (χ3n) is 3.81. The van der Waals surface area contributed by atoms with E-state index in [-0.39, 0.29) is 5.41 Å². The van der Waals surface area contributed by atoms with E-state index in [4.69, 9.17) is 0 Å². The van der Waals surface area contributed by atoms with Crippen LogP contribution in [0.25, 0.3) is 11.0 Å². The van der Waals surface area contributed by atoms with E-state index in [1.807, 2.05) is 0 Å². The summed E-state index contributed by atoms with van der Waals surface area (Å²) in [4.78, 5) is 8.03. The smallest absolute Gasteiger partial charge is 0.166 e. The fourth-order valence-corrected chi connectivity index (χ4v) is 3.26. The van der Waals surface area contributed by atoms with Gasteiger partial charge in [0, 0.05) is 5.75 Å². The lowest BCUT2D eigenvalue weighted by Gasteiger charge is -2.19. The fourth-order valence-electron chi connectivity index (χ4n) is 2.42. The van der Waals surface area contributed by atoms with Crippen molar-refractivity contribution >= 4 is 22.8 Å². The summed E-state index contributed by atoms with van der Waals surface area (Å²) in [5.41, 5.74) is 6.32. The predicted molar refractivity (Wildman–Crippen MR) is 95.5 cm³/mol. The second-order valence-electron chi connectivity index (χ2n) is 6.80. The highest BCUT2D eigenvalue weighted by atomic mass is 32.2. The molecule has 0 saturated heterocycles. The molecule has 0 amide bonds. The molecule has 3 heteroatoms. The Bertz CT molecular complexity index is 779. The predicted octanol–water partition coefficient (Wildman–Crippen LogP) is 5.46. The van der Waals surface area contributed by atoms with Crippen molar-refractivity contribution < 1.29 is 0 Å². The van der Waals surface area contributed by atoms with Gasteiger partial charge in [0.15, 0.2) is 5.16 Å². The second kappa shape index (κ2) is 5.81. The van der Waals surface area contributed by atoms with E-state index in [9.17, 15) is 0 Å². The van der Waals surface area contributed by atoms with Crippen molar-refractivity contribution in [1.82, 2.24) is 9.97 Å². The van der Waals surface area contributed by atoms with Crippen molar-refractivity contribution in [2.24, 2.45) is 0 Å². The molecule has 0 unspecified atom stereocenters. The van der Waals surface area contributed by atoms with E-state index in [0.717, 1.165) is 21.9 Å². The summed E-state index contributed by atoms with van der Waals surface area (Å²) in [7, 11) is 0. The average Bonchev–Trinajstić information content (AvgIpc) is 2.86. The standard InChI is InChI=1S/C19H22N2S/c1-13-5-10-16-17(11-13)21-18(20-16)22-12-14-6-8-15(9-7-14)19(2,3)4/h5-11H,12H2,1-4H3,(H,20,21). The summed E-state index contributed by atoms with van der Waals surface area (Å²) in [5.74, 6) is 0.934. The number of aryl methyl sites for hydroxylation is 1. The Hall–Kier alpha value is -1.74. The van der Waals surface area contributed by atoms with Crippen molar-refractivity contribution in [1.29, 1.82) is 0 Å². The number of hydrogen-bond donors (Lipinski definition) is 1. The summed E-state index contributed by atoms with van der Waals surface area (Å²) in [6.45, 7) is 8.83. The van der Waals surface area contributed by atoms with Gasteiger partial charge < -0.3 is 4.98 Å². The molecule has 1 N–H and O–H groups in total. The van der Waals surface area contributed by atoms with Crippen LogP contribution in [0.3, 0.4) is 0 Å². The van der Waals surface area contributed by atoms with Crippen LogP contribution in [-0.4, -0.2) is 9.97 Å². The van der Waals surface area contributed by atoms with E-state index in [2.05, 4.69) is 80.1 Å². The van der Waals surface area contributed by atoms with Crippen LogP contribution in [0.4, 0.5) is 0 Å². The maximum absolute atomic E-state index is 4.63. The molecule has 0 saturated carbocycles. The summed E-state index contributed by atoms with van der Waals surface area (Å²) in [6, 6.07) is 15.2. The van der Waals surface area contributed by atoms with Crippen LogP contribution in [0, 0.1) is 6.92 Å². The van der Waals surface area contributed by atoms with Crippen LogP contribution < -0.4 is 0 Å². The summed E-state index contributed by atoms with van der Waals surface area (Å²) >= 11 is 1.75. The molecule has 3 aromatic rings. The number of imidazole rings is 1. The van der Waals surface area contributed by atoms with Crippen molar-refractivity contribution in [2.75, 3.05) is 0 Å². The third kappa shape index (κ3) is 3.36. The van der Waals surface area contributed by atoms with Gasteiger partial charge in [0.25, 0.3) is 0 Å². The number of aromatic nitrogens is 2. The van der Waals surface area contributed by atoms with Crippen molar-refractivity contribution in [3.63, 3.8) is 0 Å². The van der Waals surface area contributed by atoms with E-state index in [1.54, 1.807) is 11.8 Å². The minimum Gasteiger partial charge on any atom is -0.333 e. The van der Waals surface area contributed by atoms with Crippen molar-refractivity contribution in [3.05, 3.63) is 59.2 Å². The van der Waals surface area contributed by atoms with E-state index in [1.165, 1.54) is 16.7 Å². The average molecular weight is 310 g/mol. The van der Waals surface area contributed by atoms with E-state index < -0.39 is 0 Å². The SMILES string of the molecule is Cc1ccc2nc(SCc3ccc(C(C)(C)C)cc3)[nH]c2c1. The molecular weight excluding hydrogens is 288 g/mol. The van der Waals surface area contributed by atoms with Crippen molar-refractivity contribution in [3.8, 4) is 0 Å². The number of nitrogens with zero attached hydrogens (tertiary/aromatic N) is 1. The molecule has 0 aliphatic carbocycles. The number of aromatic amines is 1. The molecule has 114 valence electrons. The van der Waals surface area contributed by atoms with Gasteiger partial charge in [0.1, 0.15) is 0 Å². The van der Waals surface area contributed by atoms with Gasteiger partial charge in [-0.15, -0.1) is 0 Å².